The van der Waals surface area contributed by atoms with Gasteiger partial charge in [0.2, 0.25) is 0 Å². The van der Waals surface area contributed by atoms with Gasteiger partial charge in [0.25, 0.3) is 0 Å². The topological polar surface area (TPSA) is 29.3 Å². The summed E-state index contributed by atoms with van der Waals surface area (Å²) in [6.45, 7) is 11.7. The second-order valence-corrected chi connectivity index (χ2v) is 7.24. The SMILES string of the molecule is CCC(CC)N(C)C1CC(C(C)(C)C)CCC1N. The summed E-state index contributed by atoms with van der Waals surface area (Å²) < 4.78 is 0. The van der Waals surface area contributed by atoms with E-state index in [2.05, 4.69) is 46.6 Å². The Hall–Kier alpha value is -0.0800. The lowest BCUT2D eigenvalue weighted by Gasteiger charge is -2.46. The Morgan fingerprint density at radius 3 is 2.17 bits per heavy atom. The molecule has 1 fully saturated rings. The lowest BCUT2D eigenvalue weighted by atomic mass is 9.69. The molecule has 108 valence electrons. The van der Waals surface area contributed by atoms with Gasteiger partial charge in [-0.2, -0.15) is 0 Å². The van der Waals surface area contributed by atoms with Crippen LogP contribution in [0, 0.1) is 11.3 Å². The largest absolute Gasteiger partial charge is 0.326 e. The van der Waals surface area contributed by atoms with Crippen LogP contribution >= 0.6 is 0 Å². The van der Waals surface area contributed by atoms with Crippen molar-refractivity contribution in [2.24, 2.45) is 17.1 Å². The first-order chi connectivity index (χ1) is 8.31. The molecule has 0 spiro atoms. The van der Waals surface area contributed by atoms with Gasteiger partial charge in [-0.05, 0) is 50.5 Å². The summed E-state index contributed by atoms with van der Waals surface area (Å²) in [7, 11) is 2.28. The summed E-state index contributed by atoms with van der Waals surface area (Å²) in [5.74, 6) is 0.819. The van der Waals surface area contributed by atoms with Gasteiger partial charge in [-0.3, -0.25) is 4.90 Å². The Morgan fingerprint density at radius 2 is 1.72 bits per heavy atom. The van der Waals surface area contributed by atoms with Gasteiger partial charge in [-0.15, -0.1) is 0 Å². The molecule has 3 unspecified atom stereocenters. The third kappa shape index (κ3) is 3.71. The highest BCUT2D eigenvalue weighted by atomic mass is 15.2. The van der Waals surface area contributed by atoms with E-state index in [1.165, 1.54) is 32.1 Å². The first-order valence-corrected chi connectivity index (χ1v) is 7.78. The highest BCUT2D eigenvalue weighted by molar-refractivity contribution is 4.93. The molecule has 1 rings (SSSR count). The molecule has 1 saturated carbocycles. The van der Waals surface area contributed by atoms with Crippen LogP contribution in [0.15, 0.2) is 0 Å². The molecule has 0 aliphatic heterocycles. The number of hydrogen-bond donors (Lipinski definition) is 1. The van der Waals surface area contributed by atoms with E-state index in [4.69, 9.17) is 5.73 Å². The van der Waals surface area contributed by atoms with Crippen molar-refractivity contribution in [3.8, 4) is 0 Å². The van der Waals surface area contributed by atoms with E-state index in [0.29, 0.717) is 23.5 Å². The minimum atomic E-state index is 0.370. The Labute approximate surface area is 114 Å². The molecular weight excluding hydrogens is 220 g/mol. The van der Waals surface area contributed by atoms with Crippen LogP contribution in [-0.4, -0.2) is 30.1 Å². The first kappa shape index (κ1) is 16.0. The fourth-order valence-electron chi connectivity index (χ4n) is 3.56. The van der Waals surface area contributed by atoms with Crippen molar-refractivity contribution in [1.29, 1.82) is 0 Å². The Kier molecular flexibility index (Phi) is 5.67. The molecule has 2 heteroatoms. The summed E-state index contributed by atoms with van der Waals surface area (Å²) in [5.41, 5.74) is 6.81. The molecule has 0 saturated heterocycles. The fourth-order valence-corrected chi connectivity index (χ4v) is 3.56. The Balaban J connectivity index is 2.73. The second-order valence-electron chi connectivity index (χ2n) is 7.24. The summed E-state index contributed by atoms with van der Waals surface area (Å²) >= 11 is 0. The molecule has 0 radical (unpaired) electrons. The average Bonchev–Trinajstić information content (AvgIpc) is 2.29. The van der Waals surface area contributed by atoms with Crippen LogP contribution in [0.1, 0.15) is 66.7 Å². The van der Waals surface area contributed by atoms with Crippen molar-refractivity contribution in [1.82, 2.24) is 4.90 Å². The second kappa shape index (κ2) is 6.38. The van der Waals surface area contributed by atoms with Crippen molar-refractivity contribution in [2.45, 2.75) is 84.8 Å². The van der Waals surface area contributed by atoms with Gasteiger partial charge < -0.3 is 5.73 Å². The van der Waals surface area contributed by atoms with Crippen LogP contribution in [0.5, 0.6) is 0 Å². The molecule has 1 aliphatic rings. The summed E-state index contributed by atoms with van der Waals surface area (Å²) in [4.78, 5) is 2.57. The van der Waals surface area contributed by atoms with Crippen LogP contribution in [0.3, 0.4) is 0 Å². The smallest absolute Gasteiger partial charge is 0.0249 e. The maximum Gasteiger partial charge on any atom is 0.0249 e. The number of nitrogens with two attached hydrogens (primary N) is 1. The third-order valence-corrected chi connectivity index (χ3v) is 5.14. The first-order valence-electron chi connectivity index (χ1n) is 7.78. The molecule has 2 nitrogen and oxygen atoms in total. The maximum absolute atomic E-state index is 6.39. The van der Waals surface area contributed by atoms with Gasteiger partial charge in [-0.25, -0.2) is 0 Å². The number of nitrogens with zero attached hydrogens (tertiary/aromatic N) is 1. The van der Waals surface area contributed by atoms with Crippen molar-refractivity contribution in [3.05, 3.63) is 0 Å². The van der Waals surface area contributed by atoms with E-state index in [1.54, 1.807) is 0 Å². The van der Waals surface area contributed by atoms with E-state index in [0.717, 1.165) is 5.92 Å². The molecular formula is C16H34N2. The molecule has 0 bridgehead atoms. The molecule has 0 aromatic carbocycles. The van der Waals surface area contributed by atoms with Crippen molar-refractivity contribution in [3.63, 3.8) is 0 Å². The molecule has 3 atom stereocenters. The summed E-state index contributed by atoms with van der Waals surface area (Å²) in [6, 6.07) is 1.64. The van der Waals surface area contributed by atoms with E-state index in [1.807, 2.05) is 0 Å². The van der Waals surface area contributed by atoms with Gasteiger partial charge in [0.15, 0.2) is 0 Å². The predicted molar refractivity (Wildman–Crippen MR) is 80.7 cm³/mol. The van der Waals surface area contributed by atoms with Crippen LogP contribution < -0.4 is 5.73 Å². The molecule has 1 aliphatic carbocycles. The van der Waals surface area contributed by atoms with Crippen LogP contribution in [0.25, 0.3) is 0 Å². The van der Waals surface area contributed by atoms with Crippen molar-refractivity contribution in [2.75, 3.05) is 7.05 Å². The van der Waals surface area contributed by atoms with E-state index in [9.17, 15) is 0 Å². The predicted octanol–water partition coefficient (Wildman–Crippen LogP) is 3.65. The van der Waals surface area contributed by atoms with Crippen LogP contribution in [0.4, 0.5) is 0 Å². The van der Waals surface area contributed by atoms with Gasteiger partial charge >= 0.3 is 0 Å². The van der Waals surface area contributed by atoms with Gasteiger partial charge in [0, 0.05) is 18.1 Å². The zero-order valence-electron chi connectivity index (χ0n) is 13.4. The highest BCUT2D eigenvalue weighted by Crippen LogP contribution is 2.39. The number of hydrogen-bond acceptors (Lipinski definition) is 2. The summed E-state index contributed by atoms with van der Waals surface area (Å²) in [6.07, 6.45) is 6.24. The molecule has 0 amide bonds. The van der Waals surface area contributed by atoms with E-state index >= 15 is 0 Å². The Bertz CT molecular complexity index is 240. The van der Waals surface area contributed by atoms with Gasteiger partial charge in [0.1, 0.15) is 0 Å². The highest BCUT2D eigenvalue weighted by Gasteiger charge is 2.37. The van der Waals surface area contributed by atoms with E-state index in [-0.39, 0.29) is 0 Å². The minimum absolute atomic E-state index is 0.370. The standard InChI is InChI=1S/C16H34N2/c1-7-13(8-2)18(6)15-11-12(16(3,4)5)9-10-14(15)17/h12-15H,7-11,17H2,1-6H3. The zero-order valence-corrected chi connectivity index (χ0v) is 13.4. The normalized spacial score (nSPS) is 30.2. The number of likely N-dealkylation sites (N-methyl/N-ethyl adjacent to an activating group) is 1. The molecule has 0 heterocycles. The molecule has 18 heavy (non-hydrogen) atoms. The Morgan fingerprint density at radius 1 is 1.17 bits per heavy atom. The minimum Gasteiger partial charge on any atom is -0.326 e. The fraction of sp³-hybridized carbons (Fsp3) is 1.00. The number of rotatable bonds is 4. The summed E-state index contributed by atoms with van der Waals surface area (Å²) in [5, 5.41) is 0. The van der Waals surface area contributed by atoms with Crippen molar-refractivity contribution < 1.29 is 0 Å². The molecule has 2 N–H and O–H groups in total. The van der Waals surface area contributed by atoms with Gasteiger partial charge in [-0.1, -0.05) is 34.6 Å². The third-order valence-electron chi connectivity index (χ3n) is 5.14. The van der Waals surface area contributed by atoms with E-state index < -0.39 is 0 Å². The quantitative estimate of drug-likeness (QED) is 0.830. The lowest BCUT2D eigenvalue weighted by molar-refractivity contribution is 0.0577. The van der Waals surface area contributed by atoms with Crippen LogP contribution in [-0.2, 0) is 0 Å². The van der Waals surface area contributed by atoms with Crippen LogP contribution in [0.2, 0.25) is 0 Å². The zero-order chi connectivity index (χ0) is 13.9. The molecule has 0 aromatic heterocycles. The van der Waals surface area contributed by atoms with Crippen molar-refractivity contribution >= 4 is 0 Å². The monoisotopic (exact) mass is 254 g/mol. The average molecular weight is 254 g/mol. The van der Waals surface area contributed by atoms with Gasteiger partial charge in [0.05, 0.1) is 0 Å². The maximum atomic E-state index is 6.39. The molecule has 0 aromatic rings. The lowest BCUT2D eigenvalue weighted by Crippen LogP contribution is -2.54.